The molecule has 0 saturated carbocycles. The summed E-state index contributed by atoms with van der Waals surface area (Å²) in [5.41, 5.74) is 0.123. The monoisotopic (exact) mass is 410 g/mol. The predicted octanol–water partition coefficient (Wildman–Crippen LogP) is 2.58. The lowest BCUT2D eigenvalue weighted by atomic mass is 10.2. The normalized spacial score (nSPS) is 10.9. The SMILES string of the molecule is CC(=O)Nc1cc(Br)ccc1C(=O)OCC(=O)N(C)CC(F)(F)F. The number of esters is 1. The van der Waals surface area contributed by atoms with Crippen LogP contribution >= 0.6 is 15.9 Å². The van der Waals surface area contributed by atoms with Crippen LogP contribution in [0.4, 0.5) is 18.9 Å². The maximum absolute atomic E-state index is 12.2. The van der Waals surface area contributed by atoms with E-state index in [-0.39, 0.29) is 11.3 Å². The fourth-order valence-electron chi connectivity index (χ4n) is 1.66. The highest BCUT2D eigenvalue weighted by Crippen LogP contribution is 2.22. The minimum Gasteiger partial charge on any atom is -0.452 e. The van der Waals surface area contributed by atoms with Gasteiger partial charge in [0.1, 0.15) is 6.54 Å². The second-order valence-corrected chi connectivity index (χ2v) is 5.73. The van der Waals surface area contributed by atoms with Gasteiger partial charge in [-0.3, -0.25) is 9.59 Å². The predicted molar refractivity (Wildman–Crippen MR) is 82.4 cm³/mol. The average Bonchev–Trinajstić information content (AvgIpc) is 2.42. The lowest BCUT2D eigenvalue weighted by Gasteiger charge is -2.18. The number of ether oxygens (including phenoxy) is 1. The van der Waals surface area contributed by atoms with E-state index in [0.717, 1.165) is 7.05 Å². The molecule has 2 amide bonds. The van der Waals surface area contributed by atoms with Crippen LogP contribution < -0.4 is 5.32 Å². The van der Waals surface area contributed by atoms with Crippen molar-refractivity contribution in [2.75, 3.05) is 25.5 Å². The Morgan fingerprint density at radius 3 is 2.46 bits per heavy atom. The Balaban J connectivity index is 2.75. The van der Waals surface area contributed by atoms with Gasteiger partial charge in [0.15, 0.2) is 6.61 Å². The number of carbonyl (C=O) groups is 3. The van der Waals surface area contributed by atoms with E-state index in [1.54, 1.807) is 0 Å². The number of amides is 2. The van der Waals surface area contributed by atoms with Crippen LogP contribution in [0.2, 0.25) is 0 Å². The van der Waals surface area contributed by atoms with E-state index >= 15 is 0 Å². The van der Waals surface area contributed by atoms with E-state index < -0.39 is 37.1 Å². The molecule has 132 valence electrons. The Morgan fingerprint density at radius 2 is 1.92 bits per heavy atom. The third-order valence-electron chi connectivity index (χ3n) is 2.68. The first-order valence-electron chi connectivity index (χ1n) is 6.54. The number of nitrogens with zero attached hydrogens (tertiary/aromatic N) is 1. The number of alkyl halides is 3. The van der Waals surface area contributed by atoms with Crippen molar-refractivity contribution in [1.82, 2.24) is 4.90 Å². The van der Waals surface area contributed by atoms with E-state index in [1.807, 2.05) is 0 Å². The molecule has 0 spiro atoms. The summed E-state index contributed by atoms with van der Waals surface area (Å²) < 4.78 is 41.9. The van der Waals surface area contributed by atoms with Gasteiger partial charge >= 0.3 is 12.1 Å². The molecule has 10 heteroatoms. The molecule has 1 aromatic carbocycles. The third kappa shape index (κ3) is 6.57. The summed E-state index contributed by atoms with van der Waals surface area (Å²) in [4.78, 5) is 35.1. The van der Waals surface area contributed by atoms with Crippen molar-refractivity contribution < 1.29 is 32.3 Å². The summed E-state index contributed by atoms with van der Waals surface area (Å²) in [5.74, 6) is -2.37. The number of halogens is 4. The first-order valence-corrected chi connectivity index (χ1v) is 7.34. The van der Waals surface area contributed by atoms with Gasteiger partial charge < -0.3 is 15.0 Å². The highest BCUT2D eigenvalue weighted by atomic mass is 79.9. The highest BCUT2D eigenvalue weighted by Gasteiger charge is 2.31. The molecule has 0 unspecified atom stereocenters. The molecule has 0 saturated heterocycles. The summed E-state index contributed by atoms with van der Waals surface area (Å²) >= 11 is 3.17. The van der Waals surface area contributed by atoms with Crippen LogP contribution in [0.25, 0.3) is 0 Å². The van der Waals surface area contributed by atoms with Gasteiger partial charge in [-0.25, -0.2) is 4.79 Å². The first kappa shape index (κ1) is 19.9. The second kappa shape index (κ2) is 8.13. The number of hydrogen-bond donors (Lipinski definition) is 1. The van der Waals surface area contributed by atoms with Gasteiger partial charge in [-0.2, -0.15) is 13.2 Å². The molecule has 0 radical (unpaired) electrons. The maximum Gasteiger partial charge on any atom is 0.406 e. The van der Waals surface area contributed by atoms with Crippen LogP contribution in [0.5, 0.6) is 0 Å². The number of likely N-dealkylation sites (N-methyl/N-ethyl adjacent to an activating group) is 1. The smallest absolute Gasteiger partial charge is 0.406 e. The second-order valence-electron chi connectivity index (χ2n) is 4.81. The van der Waals surface area contributed by atoms with Crippen LogP contribution in [0.1, 0.15) is 17.3 Å². The van der Waals surface area contributed by atoms with Crippen molar-refractivity contribution in [2.45, 2.75) is 13.1 Å². The molecule has 0 bridgehead atoms. The Hall–Kier alpha value is -2.10. The minimum absolute atomic E-state index is 0.0281. The summed E-state index contributed by atoms with van der Waals surface area (Å²) in [6.45, 7) is -1.05. The molecule has 0 atom stereocenters. The molecule has 0 aliphatic rings. The largest absolute Gasteiger partial charge is 0.452 e. The van der Waals surface area contributed by atoms with Gasteiger partial charge in [0, 0.05) is 18.4 Å². The number of benzene rings is 1. The highest BCUT2D eigenvalue weighted by molar-refractivity contribution is 9.10. The molecule has 1 aromatic rings. The molecule has 0 heterocycles. The van der Waals surface area contributed by atoms with E-state index in [1.165, 1.54) is 25.1 Å². The van der Waals surface area contributed by atoms with E-state index in [2.05, 4.69) is 21.2 Å². The van der Waals surface area contributed by atoms with E-state index in [4.69, 9.17) is 4.74 Å². The third-order valence-corrected chi connectivity index (χ3v) is 3.17. The average molecular weight is 411 g/mol. The number of carbonyl (C=O) groups excluding carboxylic acids is 3. The molecule has 0 fully saturated rings. The zero-order chi connectivity index (χ0) is 18.5. The van der Waals surface area contributed by atoms with Gasteiger partial charge in [-0.15, -0.1) is 0 Å². The molecule has 1 rings (SSSR count). The van der Waals surface area contributed by atoms with E-state index in [9.17, 15) is 27.6 Å². The van der Waals surface area contributed by atoms with Crippen molar-refractivity contribution >= 4 is 39.4 Å². The van der Waals surface area contributed by atoms with Crippen molar-refractivity contribution in [2.24, 2.45) is 0 Å². The molecule has 1 N–H and O–H groups in total. The first-order chi connectivity index (χ1) is 11.0. The van der Waals surface area contributed by atoms with Gasteiger partial charge in [-0.1, -0.05) is 15.9 Å². The van der Waals surface area contributed by atoms with Gasteiger partial charge in [0.25, 0.3) is 5.91 Å². The number of hydrogen-bond acceptors (Lipinski definition) is 4. The van der Waals surface area contributed by atoms with Crippen molar-refractivity contribution in [3.63, 3.8) is 0 Å². The van der Waals surface area contributed by atoms with Gasteiger partial charge in [0.05, 0.1) is 11.3 Å². The van der Waals surface area contributed by atoms with Crippen LogP contribution in [-0.2, 0) is 14.3 Å². The zero-order valence-corrected chi connectivity index (χ0v) is 14.3. The van der Waals surface area contributed by atoms with Crippen LogP contribution in [0.3, 0.4) is 0 Å². The summed E-state index contributed by atoms with van der Waals surface area (Å²) in [6, 6.07) is 4.32. The maximum atomic E-state index is 12.2. The molecular weight excluding hydrogens is 397 g/mol. The lowest BCUT2D eigenvalue weighted by Crippen LogP contribution is -2.38. The molecule has 0 aromatic heterocycles. The Labute approximate surface area is 144 Å². The zero-order valence-electron chi connectivity index (χ0n) is 12.7. The fraction of sp³-hybridized carbons (Fsp3) is 0.357. The Kier molecular flexibility index (Phi) is 6.76. The fourth-order valence-corrected chi connectivity index (χ4v) is 2.02. The van der Waals surface area contributed by atoms with Gasteiger partial charge in [-0.05, 0) is 18.2 Å². The van der Waals surface area contributed by atoms with Crippen LogP contribution in [-0.4, -0.2) is 49.1 Å². The Bertz CT molecular complexity index is 649. The summed E-state index contributed by atoms with van der Waals surface area (Å²) in [5, 5.41) is 2.42. The number of rotatable bonds is 5. The van der Waals surface area contributed by atoms with E-state index in [0.29, 0.717) is 9.37 Å². The number of anilines is 1. The lowest BCUT2D eigenvalue weighted by molar-refractivity contribution is -0.160. The quantitative estimate of drug-likeness (QED) is 0.756. The van der Waals surface area contributed by atoms with Crippen molar-refractivity contribution in [1.29, 1.82) is 0 Å². The minimum atomic E-state index is -4.54. The van der Waals surface area contributed by atoms with Crippen LogP contribution in [0.15, 0.2) is 22.7 Å². The summed E-state index contributed by atoms with van der Waals surface area (Å²) in [7, 11) is 0.950. The van der Waals surface area contributed by atoms with Crippen molar-refractivity contribution in [3.8, 4) is 0 Å². The number of nitrogens with one attached hydrogen (secondary N) is 1. The van der Waals surface area contributed by atoms with Crippen LogP contribution in [0, 0.1) is 0 Å². The van der Waals surface area contributed by atoms with Gasteiger partial charge in [0.2, 0.25) is 5.91 Å². The van der Waals surface area contributed by atoms with Crippen molar-refractivity contribution in [3.05, 3.63) is 28.2 Å². The molecule has 0 aliphatic heterocycles. The molecular formula is C14H14BrF3N2O4. The topological polar surface area (TPSA) is 75.7 Å². The Morgan fingerprint density at radius 1 is 1.29 bits per heavy atom. The standard InChI is InChI=1S/C14H14BrF3N2O4/c1-8(21)19-11-5-9(15)3-4-10(11)13(23)24-6-12(22)20(2)7-14(16,17)18/h3-5H,6-7H2,1-2H3,(H,19,21). The molecule has 6 nitrogen and oxygen atoms in total. The molecule has 24 heavy (non-hydrogen) atoms. The summed E-state index contributed by atoms with van der Waals surface area (Å²) in [6.07, 6.45) is -4.54. The molecule has 0 aliphatic carbocycles.